The monoisotopic (exact) mass is 564 g/mol. The summed E-state index contributed by atoms with van der Waals surface area (Å²) >= 11 is 0. The van der Waals surface area contributed by atoms with Crippen LogP contribution in [0.1, 0.15) is 44.1 Å². The van der Waals surface area contributed by atoms with Crippen molar-refractivity contribution in [2.24, 2.45) is 0 Å². The van der Waals surface area contributed by atoms with Crippen LogP contribution in [0.25, 0.3) is 32.9 Å². The van der Waals surface area contributed by atoms with Crippen LogP contribution in [0.15, 0.2) is 36.5 Å². The zero-order chi connectivity index (χ0) is 28.5. The number of phenols is 1. The first-order valence-corrected chi connectivity index (χ1v) is 14.9. The van der Waals surface area contributed by atoms with Gasteiger partial charge in [0, 0.05) is 41.3 Å². The molecule has 214 valence electrons. The third kappa shape index (κ3) is 3.92. The Morgan fingerprint density at radius 2 is 1.93 bits per heavy atom. The molecule has 0 radical (unpaired) electrons. The highest BCUT2D eigenvalue weighted by Gasteiger charge is 2.46. The number of aromatic hydroxyl groups is 1. The summed E-state index contributed by atoms with van der Waals surface area (Å²) in [7, 11) is 0. The van der Waals surface area contributed by atoms with Crippen LogP contribution in [-0.4, -0.2) is 75.4 Å². The molecule has 0 saturated carbocycles. The van der Waals surface area contributed by atoms with Crippen LogP contribution in [0.4, 0.5) is 10.2 Å². The van der Waals surface area contributed by atoms with Gasteiger partial charge in [0.25, 0.3) is 0 Å². The van der Waals surface area contributed by atoms with Gasteiger partial charge in [-0.1, -0.05) is 18.1 Å². The number of nitrogens with zero attached hydrogens (tertiary/aromatic N) is 5. The number of aromatic nitrogens is 3. The van der Waals surface area contributed by atoms with Crippen molar-refractivity contribution < 1.29 is 14.2 Å². The molecule has 6 heterocycles. The number of phenolic OH excluding ortho intramolecular Hbond substituents is 1. The zero-order valence-corrected chi connectivity index (χ0v) is 23.5. The van der Waals surface area contributed by atoms with Crippen molar-refractivity contribution in [2.45, 2.75) is 49.6 Å². The number of halogens is 1. The van der Waals surface area contributed by atoms with Gasteiger partial charge in [-0.15, -0.1) is 6.42 Å². The summed E-state index contributed by atoms with van der Waals surface area (Å²) in [6.45, 7) is 5.30. The van der Waals surface area contributed by atoms with Crippen LogP contribution in [0, 0.1) is 18.2 Å². The van der Waals surface area contributed by atoms with Crippen LogP contribution in [-0.2, 0) is 0 Å². The summed E-state index contributed by atoms with van der Waals surface area (Å²) in [5.74, 6) is 2.77. The van der Waals surface area contributed by atoms with E-state index in [1.54, 1.807) is 18.3 Å². The van der Waals surface area contributed by atoms with E-state index in [0.29, 0.717) is 39.7 Å². The molecule has 0 amide bonds. The van der Waals surface area contributed by atoms with Gasteiger partial charge in [-0.05, 0) is 81.7 Å². The Labute approximate surface area is 243 Å². The van der Waals surface area contributed by atoms with E-state index in [2.05, 4.69) is 31.0 Å². The van der Waals surface area contributed by atoms with Gasteiger partial charge in [-0.3, -0.25) is 9.88 Å². The van der Waals surface area contributed by atoms with Gasteiger partial charge < -0.3 is 20.1 Å². The number of pyridine rings is 1. The Morgan fingerprint density at radius 1 is 1.10 bits per heavy atom. The van der Waals surface area contributed by atoms with E-state index in [1.165, 1.54) is 6.07 Å². The van der Waals surface area contributed by atoms with Crippen molar-refractivity contribution in [3.63, 3.8) is 0 Å². The molecule has 2 N–H and O–H groups in total. The number of fused-ring (bicyclic) bond motifs is 3. The first-order chi connectivity index (χ1) is 20.5. The molecule has 8 rings (SSSR count). The molecule has 2 aromatic carbocycles. The van der Waals surface area contributed by atoms with Gasteiger partial charge in [-0.25, -0.2) is 4.39 Å². The smallest absolute Gasteiger partial charge is 0.319 e. The van der Waals surface area contributed by atoms with Crippen LogP contribution in [0.3, 0.4) is 0 Å². The average molecular weight is 565 g/mol. The lowest BCUT2D eigenvalue weighted by atomic mass is 9.87. The maximum absolute atomic E-state index is 16.7. The molecule has 1 unspecified atom stereocenters. The number of hydrogen-bond donors (Lipinski definition) is 2. The third-order valence-corrected chi connectivity index (χ3v) is 10.1. The fraction of sp³-hybridized carbons (Fsp3) is 0.424. The maximum Gasteiger partial charge on any atom is 0.319 e. The Kier molecular flexibility index (Phi) is 5.82. The van der Waals surface area contributed by atoms with Gasteiger partial charge in [0.1, 0.15) is 29.4 Å². The Hall–Kier alpha value is -4.00. The van der Waals surface area contributed by atoms with Crippen molar-refractivity contribution in [3.05, 3.63) is 47.9 Å². The number of terminal acetylenes is 1. The molecule has 9 heteroatoms. The minimum absolute atomic E-state index is 0.00710. The van der Waals surface area contributed by atoms with Gasteiger partial charge in [-0.2, -0.15) is 9.97 Å². The number of anilines is 1. The molecule has 8 nitrogen and oxygen atoms in total. The standard InChI is InChI=1S/C33H33FN6O2/c1-2-21-6-3-7-22-16-23(41)17-24(26(21)22)28-27(34)29-25(18-35-28)30(39-15-11-32(19-39)10-12-36-32)38-31(37-29)42-20-33-8-4-13-40(33)14-5-9-33/h1,3,6-7,16-18,36,41H,4-5,8-15,19-20H2. The first kappa shape index (κ1) is 25.7. The number of ether oxygens (including phenoxy) is 1. The van der Waals surface area contributed by atoms with Crippen molar-refractivity contribution in [1.29, 1.82) is 0 Å². The zero-order valence-electron chi connectivity index (χ0n) is 23.5. The molecule has 0 aliphatic carbocycles. The SMILES string of the molecule is C#Cc1cccc2cc(O)cc(-c3ncc4c(N5CCC6(CCN6)C5)nc(OCC56CCCN5CCC6)nc4c3F)c12. The predicted octanol–water partition coefficient (Wildman–Crippen LogP) is 4.62. The van der Waals surface area contributed by atoms with Crippen molar-refractivity contribution >= 4 is 27.5 Å². The molecule has 42 heavy (non-hydrogen) atoms. The van der Waals surface area contributed by atoms with Crippen LogP contribution in [0.2, 0.25) is 0 Å². The summed E-state index contributed by atoms with van der Waals surface area (Å²) in [5, 5.41) is 16.0. The normalized spacial score (nSPS) is 23.0. The molecule has 1 atom stereocenters. The Bertz CT molecular complexity index is 1770. The quantitative estimate of drug-likeness (QED) is 0.340. The lowest BCUT2D eigenvalue weighted by molar-refractivity contribution is 0.108. The third-order valence-electron chi connectivity index (χ3n) is 10.1. The molecule has 4 aliphatic heterocycles. The number of nitrogens with one attached hydrogen (secondary N) is 1. The second kappa shape index (κ2) is 9.51. The Balaban J connectivity index is 1.27. The van der Waals surface area contributed by atoms with E-state index in [1.807, 2.05) is 12.1 Å². The van der Waals surface area contributed by atoms with Crippen LogP contribution in [0.5, 0.6) is 11.8 Å². The van der Waals surface area contributed by atoms with Crippen LogP contribution < -0.4 is 15.0 Å². The van der Waals surface area contributed by atoms with Gasteiger partial charge in [0.05, 0.1) is 10.9 Å². The fourth-order valence-electron chi connectivity index (χ4n) is 7.77. The molecular formula is C33H33FN6O2. The summed E-state index contributed by atoms with van der Waals surface area (Å²) < 4.78 is 23.1. The highest BCUT2D eigenvalue weighted by Crippen LogP contribution is 2.42. The molecule has 1 spiro atoms. The largest absolute Gasteiger partial charge is 0.508 e. The second-order valence-corrected chi connectivity index (χ2v) is 12.4. The lowest BCUT2D eigenvalue weighted by Crippen LogP contribution is -2.58. The summed E-state index contributed by atoms with van der Waals surface area (Å²) in [6, 6.07) is 8.80. The van der Waals surface area contributed by atoms with Crippen molar-refractivity contribution in [2.75, 3.05) is 44.2 Å². The second-order valence-electron chi connectivity index (χ2n) is 12.4. The number of rotatable bonds is 5. The topological polar surface area (TPSA) is 86.6 Å². The fourth-order valence-corrected chi connectivity index (χ4v) is 7.77. The minimum atomic E-state index is -0.586. The average Bonchev–Trinajstić information content (AvgIpc) is 3.70. The Morgan fingerprint density at radius 3 is 2.67 bits per heavy atom. The van der Waals surface area contributed by atoms with E-state index in [9.17, 15) is 5.11 Å². The number of hydrogen-bond acceptors (Lipinski definition) is 8. The molecule has 4 saturated heterocycles. The van der Waals surface area contributed by atoms with Crippen molar-refractivity contribution in [1.82, 2.24) is 25.2 Å². The molecule has 4 fully saturated rings. The lowest BCUT2D eigenvalue weighted by Gasteiger charge is -2.39. The van der Waals surface area contributed by atoms with E-state index in [4.69, 9.17) is 16.1 Å². The summed E-state index contributed by atoms with van der Waals surface area (Å²) in [6.07, 6.45) is 14.1. The van der Waals surface area contributed by atoms with Crippen molar-refractivity contribution in [3.8, 4) is 35.4 Å². The maximum atomic E-state index is 16.7. The van der Waals surface area contributed by atoms with E-state index in [-0.39, 0.29) is 34.0 Å². The highest BCUT2D eigenvalue weighted by atomic mass is 19.1. The minimum Gasteiger partial charge on any atom is -0.508 e. The molecule has 0 bridgehead atoms. The summed E-state index contributed by atoms with van der Waals surface area (Å²) in [4.78, 5) is 18.9. The molecule has 4 aromatic rings. The van der Waals surface area contributed by atoms with E-state index in [0.717, 1.165) is 71.2 Å². The highest BCUT2D eigenvalue weighted by molar-refractivity contribution is 6.02. The first-order valence-electron chi connectivity index (χ1n) is 14.9. The van der Waals surface area contributed by atoms with Crippen LogP contribution >= 0.6 is 0 Å². The van der Waals surface area contributed by atoms with E-state index < -0.39 is 5.82 Å². The predicted molar refractivity (Wildman–Crippen MR) is 160 cm³/mol. The molecular weight excluding hydrogens is 531 g/mol. The number of benzene rings is 2. The van der Waals surface area contributed by atoms with E-state index >= 15 is 4.39 Å². The van der Waals surface area contributed by atoms with Gasteiger partial charge in [0.15, 0.2) is 5.82 Å². The summed E-state index contributed by atoms with van der Waals surface area (Å²) in [5.41, 5.74) is 1.36. The molecule has 4 aliphatic rings. The van der Waals surface area contributed by atoms with Gasteiger partial charge >= 0.3 is 6.01 Å². The van der Waals surface area contributed by atoms with Gasteiger partial charge in [0.2, 0.25) is 0 Å². The molecule has 2 aromatic heterocycles.